The number of ether oxygens (including phenoxy) is 2. The Morgan fingerprint density at radius 3 is 1.37 bits per heavy atom. The molecule has 0 rings (SSSR count). The molecule has 2 unspecified atom stereocenters. The third-order valence-electron chi connectivity index (χ3n) is 3.40. The molecule has 0 heterocycles. The van der Waals surface area contributed by atoms with Gasteiger partial charge in [0, 0.05) is 0 Å². The lowest BCUT2D eigenvalue weighted by Crippen LogP contribution is -2.38. The molecule has 0 aliphatic heterocycles. The Hall–Kier alpha value is -2.12. The van der Waals surface area contributed by atoms with Gasteiger partial charge in [0.25, 0.3) is 0 Å². The predicted molar refractivity (Wildman–Crippen MR) is 99.0 cm³/mol. The van der Waals surface area contributed by atoms with E-state index in [4.69, 9.17) is 9.84 Å². The van der Waals surface area contributed by atoms with Gasteiger partial charge in [-0.3, -0.25) is 19.2 Å². The summed E-state index contributed by atoms with van der Waals surface area (Å²) < 4.78 is 9.69. The monoisotopic (exact) mass is 390 g/mol. The molecule has 0 amide bonds. The van der Waals surface area contributed by atoms with Gasteiger partial charge in [-0.15, -0.1) is 0 Å². The summed E-state index contributed by atoms with van der Waals surface area (Å²) in [5.41, 5.74) is 0. The summed E-state index contributed by atoms with van der Waals surface area (Å²) in [7, 11) is 0. The summed E-state index contributed by atoms with van der Waals surface area (Å²) in [4.78, 5) is 43.6. The minimum absolute atomic E-state index is 0.0512. The van der Waals surface area contributed by atoms with Gasteiger partial charge in [-0.2, -0.15) is 0 Å². The molecule has 158 valence electrons. The molecule has 0 bridgehead atoms. The van der Waals surface area contributed by atoms with E-state index in [0.29, 0.717) is 0 Å². The van der Waals surface area contributed by atoms with Crippen LogP contribution in [0.3, 0.4) is 0 Å². The van der Waals surface area contributed by atoms with E-state index in [1.54, 1.807) is 27.7 Å². The quantitative estimate of drug-likeness (QED) is 0.454. The van der Waals surface area contributed by atoms with Gasteiger partial charge in [-0.05, 0) is 39.5 Å². The first kappa shape index (κ1) is 27.1. The van der Waals surface area contributed by atoms with Gasteiger partial charge < -0.3 is 19.7 Å². The number of aliphatic carboxylic acids is 2. The molecule has 8 nitrogen and oxygen atoms in total. The van der Waals surface area contributed by atoms with Crippen LogP contribution in [0.2, 0.25) is 0 Å². The van der Waals surface area contributed by atoms with E-state index in [2.05, 4.69) is 4.74 Å². The Morgan fingerprint density at radius 1 is 0.704 bits per heavy atom. The largest absolute Gasteiger partial charge is 0.481 e. The molecule has 0 aliphatic carbocycles. The topological polar surface area (TPSA) is 127 Å². The third kappa shape index (κ3) is 12.8. The summed E-state index contributed by atoms with van der Waals surface area (Å²) in [6.07, 6.45) is -1.02. The second kappa shape index (κ2) is 13.1. The molecule has 27 heavy (non-hydrogen) atoms. The van der Waals surface area contributed by atoms with Gasteiger partial charge in [0.1, 0.15) is 6.42 Å². The molecule has 2 N–H and O–H groups in total. The number of hydrogen-bond acceptors (Lipinski definition) is 6. The van der Waals surface area contributed by atoms with E-state index in [1.807, 2.05) is 27.7 Å². The van der Waals surface area contributed by atoms with Gasteiger partial charge in [-0.1, -0.05) is 27.7 Å². The predicted octanol–water partition coefficient (Wildman–Crippen LogP) is 2.98. The van der Waals surface area contributed by atoms with E-state index in [0.717, 1.165) is 0 Å². The van der Waals surface area contributed by atoms with Crippen LogP contribution in [0.1, 0.15) is 61.8 Å². The summed E-state index contributed by atoms with van der Waals surface area (Å²) >= 11 is 0. The zero-order chi connectivity index (χ0) is 21.9. The fourth-order valence-electron chi connectivity index (χ4n) is 2.43. The van der Waals surface area contributed by atoms with Crippen molar-refractivity contribution < 1.29 is 38.9 Å². The molecule has 0 saturated heterocycles. The van der Waals surface area contributed by atoms with Crippen molar-refractivity contribution in [1.29, 1.82) is 0 Å². The lowest BCUT2D eigenvalue weighted by molar-refractivity contribution is -0.164. The first-order valence-electron chi connectivity index (χ1n) is 9.05. The Labute approximate surface area is 161 Å². The standard InChI is InChI=1S/C13H24O4.C6H10O4/c1-7(2)10(12(14)15)11(8(3)4)13(16)17-9(5)6;1-4(2)10-6(9)3-5(7)8/h7-11H,1-6H3,(H,14,15);4H,3H2,1-2H3,(H,7,8). The average Bonchev–Trinajstić information content (AvgIpc) is 2.40. The lowest BCUT2D eigenvalue weighted by atomic mass is 9.77. The van der Waals surface area contributed by atoms with Crippen LogP contribution in [-0.2, 0) is 28.7 Å². The second-order valence-corrected chi connectivity index (χ2v) is 7.47. The first-order valence-corrected chi connectivity index (χ1v) is 9.05. The molecular formula is C19H34O8. The summed E-state index contributed by atoms with van der Waals surface area (Å²) in [6.45, 7) is 14.2. The maximum absolute atomic E-state index is 12.0. The summed E-state index contributed by atoms with van der Waals surface area (Å²) in [5.74, 6) is -4.62. The van der Waals surface area contributed by atoms with Crippen molar-refractivity contribution in [3.63, 3.8) is 0 Å². The molecular weight excluding hydrogens is 356 g/mol. The first-order chi connectivity index (χ1) is 12.2. The van der Waals surface area contributed by atoms with E-state index in [-0.39, 0.29) is 24.0 Å². The number of hydrogen-bond donors (Lipinski definition) is 2. The molecule has 8 heteroatoms. The van der Waals surface area contributed by atoms with Crippen LogP contribution < -0.4 is 0 Å². The van der Waals surface area contributed by atoms with Gasteiger partial charge in [0.15, 0.2) is 0 Å². The molecule has 2 atom stereocenters. The highest BCUT2D eigenvalue weighted by atomic mass is 16.5. The van der Waals surface area contributed by atoms with Crippen molar-refractivity contribution in [2.45, 2.75) is 74.0 Å². The Balaban J connectivity index is 0. The molecule has 0 aromatic rings. The molecule has 0 saturated carbocycles. The van der Waals surface area contributed by atoms with Crippen LogP contribution >= 0.6 is 0 Å². The molecule has 0 radical (unpaired) electrons. The van der Waals surface area contributed by atoms with Crippen molar-refractivity contribution >= 4 is 23.9 Å². The maximum Gasteiger partial charge on any atom is 0.317 e. The molecule has 0 spiro atoms. The highest BCUT2D eigenvalue weighted by Crippen LogP contribution is 2.29. The SMILES string of the molecule is CC(C)OC(=O)C(C(C)C)C(C(=O)O)C(C)C.CC(C)OC(=O)CC(=O)O. The van der Waals surface area contributed by atoms with Crippen LogP contribution in [0.4, 0.5) is 0 Å². The summed E-state index contributed by atoms with van der Waals surface area (Å²) in [5, 5.41) is 17.3. The van der Waals surface area contributed by atoms with Crippen molar-refractivity contribution in [2.24, 2.45) is 23.7 Å². The lowest BCUT2D eigenvalue weighted by Gasteiger charge is -2.28. The smallest absolute Gasteiger partial charge is 0.317 e. The van der Waals surface area contributed by atoms with Crippen molar-refractivity contribution in [2.75, 3.05) is 0 Å². The van der Waals surface area contributed by atoms with Gasteiger partial charge in [-0.25, -0.2) is 0 Å². The molecule has 0 aromatic heterocycles. The fourth-order valence-corrected chi connectivity index (χ4v) is 2.43. The Bertz CT molecular complexity index is 494. The molecule has 0 aromatic carbocycles. The number of carboxylic acid groups (broad SMARTS) is 2. The fraction of sp³-hybridized carbons (Fsp3) is 0.789. The molecule has 0 fully saturated rings. The van der Waals surface area contributed by atoms with Crippen LogP contribution in [-0.4, -0.2) is 46.3 Å². The number of carbonyl (C=O) groups is 4. The average molecular weight is 390 g/mol. The Morgan fingerprint density at radius 2 is 1.11 bits per heavy atom. The zero-order valence-electron chi connectivity index (χ0n) is 17.5. The van der Waals surface area contributed by atoms with Crippen molar-refractivity contribution in [3.05, 3.63) is 0 Å². The van der Waals surface area contributed by atoms with Gasteiger partial charge >= 0.3 is 23.9 Å². The third-order valence-corrected chi connectivity index (χ3v) is 3.40. The van der Waals surface area contributed by atoms with Crippen LogP contribution in [0.5, 0.6) is 0 Å². The van der Waals surface area contributed by atoms with Gasteiger partial charge in [0.05, 0.1) is 24.0 Å². The van der Waals surface area contributed by atoms with Crippen molar-refractivity contribution in [1.82, 2.24) is 0 Å². The van der Waals surface area contributed by atoms with Crippen LogP contribution in [0, 0.1) is 23.7 Å². The highest BCUT2D eigenvalue weighted by molar-refractivity contribution is 5.90. The number of rotatable bonds is 9. The molecule has 0 aliphatic rings. The highest BCUT2D eigenvalue weighted by Gasteiger charge is 2.39. The van der Waals surface area contributed by atoms with Crippen LogP contribution in [0.15, 0.2) is 0 Å². The zero-order valence-corrected chi connectivity index (χ0v) is 17.5. The normalized spacial score (nSPS) is 13.0. The number of esters is 2. The maximum atomic E-state index is 12.0. The van der Waals surface area contributed by atoms with E-state index in [1.165, 1.54) is 0 Å². The van der Waals surface area contributed by atoms with E-state index in [9.17, 15) is 24.3 Å². The van der Waals surface area contributed by atoms with E-state index >= 15 is 0 Å². The summed E-state index contributed by atoms with van der Waals surface area (Å²) in [6, 6.07) is 0. The number of carboxylic acids is 2. The second-order valence-electron chi connectivity index (χ2n) is 7.47. The van der Waals surface area contributed by atoms with Gasteiger partial charge in [0.2, 0.25) is 0 Å². The minimum Gasteiger partial charge on any atom is -0.481 e. The van der Waals surface area contributed by atoms with E-state index < -0.39 is 42.1 Å². The number of carbonyl (C=O) groups excluding carboxylic acids is 2. The minimum atomic E-state index is -1.16. The Kier molecular flexibility index (Phi) is 13.2. The van der Waals surface area contributed by atoms with Crippen LogP contribution in [0.25, 0.3) is 0 Å². The van der Waals surface area contributed by atoms with Crippen molar-refractivity contribution in [3.8, 4) is 0 Å².